The topological polar surface area (TPSA) is 143 Å². The predicted octanol–water partition coefficient (Wildman–Crippen LogP) is 8.30. The van der Waals surface area contributed by atoms with E-state index >= 15 is 0 Å². The van der Waals surface area contributed by atoms with Crippen LogP contribution in [0.2, 0.25) is 0 Å². The first-order chi connectivity index (χ1) is 26.4. The highest BCUT2D eigenvalue weighted by atomic mass is 16.5. The molecule has 0 aliphatic rings. The molecule has 304 valence electrons. The summed E-state index contributed by atoms with van der Waals surface area (Å²) in [6.07, 6.45) is 14.1. The fourth-order valence-corrected chi connectivity index (χ4v) is 4.47. The highest BCUT2D eigenvalue weighted by Crippen LogP contribution is 2.29. The van der Waals surface area contributed by atoms with Crippen molar-refractivity contribution in [3.05, 3.63) is 107 Å². The van der Waals surface area contributed by atoms with Crippen molar-refractivity contribution in [3.8, 4) is 11.5 Å². The van der Waals surface area contributed by atoms with Crippen molar-refractivity contribution in [2.24, 2.45) is 16.4 Å². The summed E-state index contributed by atoms with van der Waals surface area (Å²) >= 11 is 0. The number of nitrogens with one attached hydrogen (secondary N) is 2. The second-order valence-electron chi connectivity index (χ2n) is 13.7. The Hall–Kier alpha value is -4.71. The highest BCUT2D eigenvalue weighted by molar-refractivity contribution is 5.83. The zero-order valence-corrected chi connectivity index (χ0v) is 34.3. The van der Waals surface area contributed by atoms with Crippen LogP contribution in [0, 0.1) is 12.3 Å². The number of ether oxygens (including phenoxy) is 5. The van der Waals surface area contributed by atoms with Gasteiger partial charge in [-0.15, -0.1) is 0 Å². The molecular weight excluding hydrogens is 697 g/mol. The largest absolute Gasteiger partial charge is 0.494 e. The fourth-order valence-electron chi connectivity index (χ4n) is 4.47. The predicted molar refractivity (Wildman–Crippen MR) is 223 cm³/mol. The number of rotatable bonds is 25. The number of unbranched alkanes of at least 4 members (excludes halogenated alkanes) is 2. The maximum Gasteiger partial charge on any atom is 0.277 e. The van der Waals surface area contributed by atoms with E-state index in [0.29, 0.717) is 57.6 Å². The quantitative estimate of drug-likeness (QED) is 0.0134. The zero-order valence-electron chi connectivity index (χ0n) is 34.3. The van der Waals surface area contributed by atoms with Gasteiger partial charge in [-0.25, -0.2) is 11.3 Å². The van der Waals surface area contributed by atoms with Crippen LogP contribution in [0.3, 0.4) is 0 Å². The number of benzene rings is 2. The van der Waals surface area contributed by atoms with Crippen LogP contribution >= 0.6 is 0 Å². The van der Waals surface area contributed by atoms with Gasteiger partial charge in [-0.05, 0) is 105 Å². The molecule has 0 saturated carbocycles. The van der Waals surface area contributed by atoms with Gasteiger partial charge in [0.15, 0.2) is 6.61 Å². The van der Waals surface area contributed by atoms with E-state index in [9.17, 15) is 9.59 Å². The molecule has 2 aromatic rings. The number of carbonyl (C=O) groups is 2. The van der Waals surface area contributed by atoms with E-state index in [1.54, 1.807) is 12.2 Å². The Balaban J connectivity index is 0.00000283. The lowest BCUT2D eigenvalue weighted by molar-refractivity contribution is -0.124. The van der Waals surface area contributed by atoms with Gasteiger partial charge in [0.25, 0.3) is 5.91 Å². The summed E-state index contributed by atoms with van der Waals surface area (Å²) in [6.45, 7) is 21.4. The van der Waals surface area contributed by atoms with Crippen LogP contribution in [0.4, 0.5) is 0 Å². The number of carbonyl (C=O) groups excluding carboxylic acids is 2. The monoisotopic (exact) mass is 762 g/mol. The number of hydrazone groups is 1. The molecule has 0 heterocycles. The number of nitrogens with zero attached hydrogens (tertiary/aromatic N) is 1. The number of amides is 2. The minimum atomic E-state index is -0.413. The van der Waals surface area contributed by atoms with Crippen LogP contribution in [0.25, 0.3) is 0 Å². The molecule has 0 aromatic heterocycles. The number of hydrogen-bond acceptors (Lipinski definition) is 9. The molecule has 2 aromatic carbocycles. The average Bonchev–Trinajstić information content (AvgIpc) is 3.16. The molecule has 2 amide bonds. The summed E-state index contributed by atoms with van der Waals surface area (Å²) in [6, 6.07) is 15.5. The van der Waals surface area contributed by atoms with Crippen molar-refractivity contribution >= 4 is 18.0 Å². The molecule has 0 bridgehead atoms. The first-order valence-electron chi connectivity index (χ1n) is 19.1. The van der Waals surface area contributed by atoms with Gasteiger partial charge in [0.05, 0.1) is 32.6 Å². The number of hydrogen-bond donors (Lipinski definition) is 3. The van der Waals surface area contributed by atoms with Crippen molar-refractivity contribution in [2.75, 3.05) is 46.2 Å². The van der Waals surface area contributed by atoms with Crippen molar-refractivity contribution in [3.63, 3.8) is 0 Å². The van der Waals surface area contributed by atoms with E-state index in [1.165, 1.54) is 11.8 Å². The summed E-state index contributed by atoms with van der Waals surface area (Å²) in [4.78, 5) is 23.9. The third kappa shape index (κ3) is 25.1. The standard InChI is InChI=1S/C39H56N4O7.C5H10/c1-30(17-19-37(44)42-40)16-18-36(32(3)39(4,5)6)50-29-38(45)43-41-28-33-13-11-15-35(27-33)49-25-24-47-23-22-46-20-8-7-9-21-48-34-14-10-12-31(2)26-34;1-3-5-4-2/h10-16,18,26-28H,1,7-9,17,19-25,29,40H2,2-6H3,(H,42,44)(H,43,45);3,5H,4H2,1-2H3/b18-16-,36-32-,41-28+;. The van der Waals surface area contributed by atoms with Gasteiger partial charge in [0.2, 0.25) is 5.91 Å². The molecule has 55 heavy (non-hydrogen) atoms. The molecular formula is C44H66N4O7. The van der Waals surface area contributed by atoms with Gasteiger partial charge < -0.3 is 23.7 Å². The molecule has 0 spiro atoms. The molecule has 0 saturated heterocycles. The van der Waals surface area contributed by atoms with Gasteiger partial charge in [-0.2, -0.15) is 5.10 Å². The first kappa shape index (κ1) is 48.3. The highest BCUT2D eigenvalue weighted by Gasteiger charge is 2.18. The number of allylic oxidation sites excluding steroid dienone is 6. The van der Waals surface area contributed by atoms with E-state index in [0.717, 1.165) is 48.1 Å². The van der Waals surface area contributed by atoms with E-state index in [-0.39, 0.29) is 24.3 Å². The Kier molecular flexibility index (Phi) is 26.0. The van der Waals surface area contributed by atoms with Gasteiger partial charge >= 0.3 is 0 Å². The fraction of sp³-hybridized carbons (Fsp3) is 0.477. The van der Waals surface area contributed by atoms with Gasteiger partial charge in [0, 0.05) is 13.0 Å². The number of aryl methyl sites for hydroxylation is 1. The third-order valence-corrected chi connectivity index (χ3v) is 7.95. The molecule has 0 aliphatic heterocycles. The number of hydrazine groups is 1. The molecule has 0 unspecified atom stereocenters. The minimum Gasteiger partial charge on any atom is -0.494 e. The Morgan fingerprint density at radius 2 is 1.51 bits per heavy atom. The molecule has 0 aliphatic carbocycles. The van der Waals surface area contributed by atoms with E-state index in [4.69, 9.17) is 29.5 Å². The van der Waals surface area contributed by atoms with E-state index in [1.807, 2.05) is 56.3 Å². The van der Waals surface area contributed by atoms with Crippen LogP contribution in [-0.4, -0.2) is 64.3 Å². The molecule has 0 radical (unpaired) electrons. The molecule has 11 nitrogen and oxygen atoms in total. The maximum absolute atomic E-state index is 12.5. The third-order valence-electron chi connectivity index (χ3n) is 7.95. The smallest absolute Gasteiger partial charge is 0.277 e. The lowest BCUT2D eigenvalue weighted by Gasteiger charge is -2.22. The molecule has 2 rings (SSSR count). The maximum atomic E-state index is 12.5. The summed E-state index contributed by atoms with van der Waals surface area (Å²) in [5, 5.41) is 4.06. The lowest BCUT2D eigenvalue weighted by Crippen LogP contribution is -2.29. The minimum absolute atomic E-state index is 0.193. The van der Waals surface area contributed by atoms with Crippen LogP contribution in [0.15, 0.2) is 101 Å². The van der Waals surface area contributed by atoms with Crippen LogP contribution in [0.1, 0.15) is 91.2 Å². The Morgan fingerprint density at radius 3 is 2.16 bits per heavy atom. The van der Waals surface area contributed by atoms with Crippen LogP contribution in [-0.2, 0) is 23.8 Å². The van der Waals surface area contributed by atoms with Crippen molar-refractivity contribution in [1.82, 2.24) is 10.9 Å². The van der Waals surface area contributed by atoms with Gasteiger partial charge in [-0.1, -0.05) is 82.3 Å². The van der Waals surface area contributed by atoms with Gasteiger partial charge in [0.1, 0.15) is 23.9 Å². The SMILES string of the molecule is C=C(/C=C\C(OCC(=O)N/N=C/c1cccc(OCCOCCOCCCCCOc2cccc(C)c2)c1)=C(/C)C(C)(C)C)CCC(=O)NN.CC=CCC. The van der Waals surface area contributed by atoms with Crippen molar-refractivity contribution in [1.29, 1.82) is 0 Å². The van der Waals surface area contributed by atoms with Crippen LogP contribution in [0.5, 0.6) is 11.5 Å². The Bertz CT molecular complexity index is 1530. The lowest BCUT2D eigenvalue weighted by atomic mass is 9.86. The van der Waals surface area contributed by atoms with Crippen molar-refractivity contribution < 1.29 is 33.3 Å². The molecule has 0 atom stereocenters. The van der Waals surface area contributed by atoms with Gasteiger partial charge in [-0.3, -0.25) is 15.0 Å². The van der Waals surface area contributed by atoms with Crippen LogP contribution < -0.4 is 26.2 Å². The summed E-state index contributed by atoms with van der Waals surface area (Å²) < 4.78 is 28.7. The first-order valence-corrected chi connectivity index (χ1v) is 19.1. The average molecular weight is 763 g/mol. The van der Waals surface area contributed by atoms with E-state index in [2.05, 4.69) is 75.4 Å². The van der Waals surface area contributed by atoms with E-state index < -0.39 is 5.91 Å². The normalized spacial score (nSPS) is 11.9. The summed E-state index contributed by atoms with van der Waals surface area (Å²) in [5.74, 6) is 6.59. The van der Waals surface area contributed by atoms with Crippen molar-refractivity contribution in [2.45, 2.75) is 87.0 Å². The summed E-state index contributed by atoms with van der Waals surface area (Å²) in [5.41, 5.74) is 8.05. The molecule has 4 N–H and O–H groups in total. The second kappa shape index (κ2) is 29.6. The number of nitrogens with two attached hydrogens (primary N) is 1. The Labute approximate surface area is 330 Å². The Morgan fingerprint density at radius 1 is 0.855 bits per heavy atom. The zero-order chi connectivity index (χ0) is 40.7. The molecule has 11 heteroatoms. The molecule has 0 fully saturated rings. The second-order valence-corrected chi connectivity index (χ2v) is 13.7. The summed E-state index contributed by atoms with van der Waals surface area (Å²) in [7, 11) is 0.